The van der Waals surface area contributed by atoms with E-state index in [1.165, 1.54) is 13.0 Å². The summed E-state index contributed by atoms with van der Waals surface area (Å²) < 4.78 is 44.9. The Hall–Kier alpha value is -3.76. The molecule has 1 aliphatic heterocycles. The number of hydrogen-bond donors (Lipinski definition) is 3. The molecule has 0 unspecified atom stereocenters. The number of fused-ring (bicyclic) bond motifs is 1. The molecule has 174 valence electrons. The normalized spacial score (nSPS) is 16.2. The van der Waals surface area contributed by atoms with Crippen LogP contribution < -0.4 is 26.0 Å². The third kappa shape index (κ3) is 5.02. The summed E-state index contributed by atoms with van der Waals surface area (Å²) in [6.07, 6.45) is -3.80. The van der Waals surface area contributed by atoms with Gasteiger partial charge in [0.1, 0.15) is 11.6 Å². The minimum atomic E-state index is -4.54. The van der Waals surface area contributed by atoms with Gasteiger partial charge in [-0.3, -0.25) is 4.79 Å². The van der Waals surface area contributed by atoms with E-state index in [0.29, 0.717) is 30.2 Å². The number of methoxy groups -OCH3 is 1. The first-order chi connectivity index (χ1) is 15.6. The second-order valence-electron chi connectivity index (χ2n) is 7.85. The van der Waals surface area contributed by atoms with Crippen LogP contribution in [-0.2, 0) is 11.0 Å². The van der Waals surface area contributed by atoms with Crippen LogP contribution >= 0.6 is 0 Å². The van der Waals surface area contributed by atoms with Gasteiger partial charge in [0.25, 0.3) is 0 Å². The molecule has 3 aromatic rings. The van der Waals surface area contributed by atoms with E-state index in [1.54, 1.807) is 19.2 Å². The monoisotopic (exact) mass is 460 g/mol. The Balaban J connectivity index is 1.73. The van der Waals surface area contributed by atoms with Gasteiger partial charge >= 0.3 is 6.18 Å². The molecule has 1 amide bonds. The SMILES string of the molecule is COc1ccc2nc(Nc3cc(N)cc(C(F)(F)F)c3)nc(N3CC[C@H](NC(C)=O)C3)c2c1. The Morgan fingerprint density at radius 3 is 2.70 bits per heavy atom. The van der Waals surface area contributed by atoms with Crippen molar-refractivity contribution in [2.75, 3.05) is 36.1 Å². The summed E-state index contributed by atoms with van der Waals surface area (Å²) in [7, 11) is 1.55. The number of nitrogen functional groups attached to an aromatic ring is 1. The van der Waals surface area contributed by atoms with Gasteiger partial charge in [-0.15, -0.1) is 0 Å². The zero-order valence-corrected chi connectivity index (χ0v) is 18.0. The summed E-state index contributed by atoms with van der Waals surface area (Å²) >= 11 is 0. The Bertz CT molecular complexity index is 1200. The van der Waals surface area contributed by atoms with Crippen molar-refractivity contribution in [2.24, 2.45) is 0 Å². The van der Waals surface area contributed by atoms with Crippen molar-refractivity contribution in [1.82, 2.24) is 15.3 Å². The van der Waals surface area contributed by atoms with Gasteiger partial charge in [-0.1, -0.05) is 0 Å². The lowest BCUT2D eigenvalue weighted by Gasteiger charge is -2.21. The molecule has 33 heavy (non-hydrogen) atoms. The maximum absolute atomic E-state index is 13.2. The molecule has 2 heterocycles. The van der Waals surface area contributed by atoms with Gasteiger partial charge < -0.3 is 26.0 Å². The average molecular weight is 460 g/mol. The molecule has 0 radical (unpaired) electrons. The average Bonchev–Trinajstić information content (AvgIpc) is 3.19. The van der Waals surface area contributed by atoms with Gasteiger partial charge in [0, 0.05) is 42.8 Å². The number of carbonyl (C=O) groups is 1. The number of benzene rings is 2. The zero-order chi connectivity index (χ0) is 23.8. The number of ether oxygens (including phenoxy) is 1. The van der Waals surface area contributed by atoms with E-state index in [2.05, 4.69) is 20.6 Å². The fourth-order valence-electron chi connectivity index (χ4n) is 3.89. The molecule has 4 N–H and O–H groups in total. The van der Waals surface area contributed by atoms with Gasteiger partial charge in [-0.25, -0.2) is 4.98 Å². The van der Waals surface area contributed by atoms with E-state index >= 15 is 0 Å². The maximum atomic E-state index is 13.2. The molecule has 0 saturated carbocycles. The lowest BCUT2D eigenvalue weighted by Crippen LogP contribution is -2.35. The van der Waals surface area contributed by atoms with Crippen LogP contribution in [-0.4, -0.2) is 42.1 Å². The van der Waals surface area contributed by atoms with Gasteiger partial charge in [-0.05, 0) is 42.8 Å². The lowest BCUT2D eigenvalue weighted by molar-refractivity contribution is -0.137. The number of aromatic nitrogens is 2. The van der Waals surface area contributed by atoms with Crippen molar-refractivity contribution in [3.63, 3.8) is 0 Å². The van der Waals surface area contributed by atoms with E-state index in [9.17, 15) is 18.0 Å². The predicted molar refractivity (Wildman–Crippen MR) is 120 cm³/mol. The first-order valence-electron chi connectivity index (χ1n) is 10.2. The highest BCUT2D eigenvalue weighted by Crippen LogP contribution is 2.35. The predicted octanol–water partition coefficient (Wildman–Crippen LogP) is 3.70. The highest BCUT2D eigenvalue weighted by Gasteiger charge is 2.31. The number of nitrogens with two attached hydrogens (primary N) is 1. The largest absolute Gasteiger partial charge is 0.497 e. The van der Waals surface area contributed by atoms with Crippen LogP contribution in [0.3, 0.4) is 0 Å². The van der Waals surface area contributed by atoms with Gasteiger partial charge in [0.2, 0.25) is 11.9 Å². The van der Waals surface area contributed by atoms with Crippen molar-refractivity contribution in [1.29, 1.82) is 0 Å². The third-order valence-electron chi connectivity index (χ3n) is 5.32. The highest BCUT2D eigenvalue weighted by atomic mass is 19.4. The molecule has 2 aromatic carbocycles. The minimum Gasteiger partial charge on any atom is -0.497 e. The van der Waals surface area contributed by atoms with Gasteiger partial charge in [0.15, 0.2) is 0 Å². The summed E-state index contributed by atoms with van der Waals surface area (Å²) in [4.78, 5) is 22.5. The summed E-state index contributed by atoms with van der Waals surface area (Å²) in [6.45, 7) is 2.65. The molecule has 1 fully saturated rings. The van der Waals surface area contributed by atoms with E-state index in [0.717, 1.165) is 23.9 Å². The van der Waals surface area contributed by atoms with E-state index in [4.69, 9.17) is 10.5 Å². The van der Waals surface area contributed by atoms with Crippen molar-refractivity contribution < 1.29 is 22.7 Å². The van der Waals surface area contributed by atoms with Crippen molar-refractivity contribution in [2.45, 2.75) is 25.6 Å². The van der Waals surface area contributed by atoms with Crippen LogP contribution in [0, 0.1) is 0 Å². The topological polar surface area (TPSA) is 105 Å². The molecule has 0 aliphatic carbocycles. The summed E-state index contributed by atoms with van der Waals surface area (Å²) in [5.41, 5.74) is 5.49. The van der Waals surface area contributed by atoms with Crippen LogP contribution in [0.4, 0.5) is 36.3 Å². The Morgan fingerprint density at radius 2 is 2.00 bits per heavy atom. The molecular formula is C22H23F3N6O2. The standard InChI is InChI=1S/C22H23F3N6O2/c1-12(32)27-15-5-6-31(11-15)20-18-10-17(33-2)3-4-19(18)29-21(30-20)28-16-8-13(22(23,24)25)7-14(26)9-16/h3-4,7-10,15H,5-6,11,26H2,1-2H3,(H,27,32)(H,28,29,30)/t15-/m0/s1. The van der Waals surface area contributed by atoms with Crippen LogP contribution in [0.25, 0.3) is 10.9 Å². The van der Waals surface area contributed by atoms with Gasteiger partial charge in [0.05, 0.1) is 18.2 Å². The van der Waals surface area contributed by atoms with Crippen molar-refractivity contribution in [3.05, 3.63) is 42.0 Å². The van der Waals surface area contributed by atoms with Gasteiger partial charge in [-0.2, -0.15) is 18.2 Å². The number of hydrogen-bond acceptors (Lipinski definition) is 7. The fraction of sp³-hybridized carbons (Fsp3) is 0.318. The highest BCUT2D eigenvalue weighted by molar-refractivity contribution is 5.92. The number of halogens is 3. The Labute approximate surface area is 187 Å². The van der Waals surface area contributed by atoms with Crippen molar-refractivity contribution >= 4 is 40.0 Å². The molecular weight excluding hydrogens is 437 g/mol. The molecule has 1 saturated heterocycles. The number of carbonyl (C=O) groups excluding carboxylic acids is 1. The van der Waals surface area contributed by atoms with Crippen LogP contribution in [0.1, 0.15) is 18.9 Å². The molecule has 0 bridgehead atoms. The van der Waals surface area contributed by atoms with Crippen molar-refractivity contribution in [3.8, 4) is 5.75 Å². The number of alkyl halides is 3. The summed E-state index contributed by atoms with van der Waals surface area (Å²) in [6, 6.07) is 8.50. The molecule has 11 heteroatoms. The quantitative estimate of drug-likeness (QED) is 0.499. The number of anilines is 4. The number of amides is 1. The Kier molecular flexibility index (Phi) is 5.88. The Morgan fingerprint density at radius 1 is 1.21 bits per heavy atom. The number of rotatable bonds is 5. The molecule has 8 nitrogen and oxygen atoms in total. The minimum absolute atomic E-state index is 0.0298. The third-order valence-corrected chi connectivity index (χ3v) is 5.32. The second kappa shape index (κ2) is 8.64. The van der Waals surface area contributed by atoms with Crippen LogP contribution in [0.2, 0.25) is 0 Å². The van der Waals surface area contributed by atoms with Crippen LogP contribution in [0.15, 0.2) is 36.4 Å². The maximum Gasteiger partial charge on any atom is 0.416 e. The fourth-order valence-corrected chi connectivity index (χ4v) is 3.89. The molecule has 1 atom stereocenters. The first-order valence-corrected chi connectivity index (χ1v) is 10.2. The van der Waals surface area contributed by atoms with E-state index < -0.39 is 11.7 Å². The number of nitrogens with zero attached hydrogens (tertiary/aromatic N) is 3. The smallest absolute Gasteiger partial charge is 0.416 e. The van der Waals surface area contributed by atoms with E-state index in [-0.39, 0.29) is 29.3 Å². The summed E-state index contributed by atoms with van der Waals surface area (Å²) in [5, 5.41) is 6.49. The molecule has 1 aromatic heterocycles. The molecule has 4 rings (SSSR count). The molecule has 1 aliphatic rings. The van der Waals surface area contributed by atoms with E-state index in [1.807, 2.05) is 11.0 Å². The zero-order valence-electron chi connectivity index (χ0n) is 18.0. The first kappa shape index (κ1) is 22.4. The lowest BCUT2D eigenvalue weighted by atomic mass is 10.1. The second-order valence-corrected chi connectivity index (χ2v) is 7.85. The van der Waals surface area contributed by atoms with Crippen LogP contribution in [0.5, 0.6) is 5.75 Å². The number of nitrogens with one attached hydrogen (secondary N) is 2. The summed E-state index contributed by atoms with van der Waals surface area (Å²) in [5.74, 6) is 1.23. The molecule has 0 spiro atoms.